The number of carbonyl (C=O) groups excluding carboxylic acids is 1. The van der Waals surface area contributed by atoms with Gasteiger partial charge in [-0.15, -0.1) is 0 Å². The first-order chi connectivity index (χ1) is 10.6. The average molecular weight is 316 g/mol. The van der Waals surface area contributed by atoms with Crippen molar-refractivity contribution in [2.75, 3.05) is 5.32 Å². The lowest BCUT2D eigenvalue weighted by molar-refractivity contribution is 0.102. The molecule has 0 aliphatic carbocycles. The van der Waals surface area contributed by atoms with Crippen LogP contribution in [0.1, 0.15) is 10.4 Å². The van der Waals surface area contributed by atoms with Crippen LogP contribution < -0.4 is 5.32 Å². The van der Waals surface area contributed by atoms with Gasteiger partial charge < -0.3 is 10.3 Å². The van der Waals surface area contributed by atoms with Gasteiger partial charge in [0.05, 0.1) is 28.8 Å². The largest absolute Gasteiger partial charge is 0.345 e. The van der Waals surface area contributed by atoms with E-state index in [1.54, 1.807) is 30.7 Å². The van der Waals surface area contributed by atoms with Crippen molar-refractivity contribution in [3.8, 4) is 11.3 Å². The molecule has 2 aromatic carbocycles. The predicted molar refractivity (Wildman–Crippen MR) is 83.4 cm³/mol. The number of halogens is 2. The summed E-state index contributed by atoms with van der Waals surface area (Å²) < 4.78 is 13.7. The average Bonchev–Trinajstić information content (AvgIpc) is 3.01. The molecule has 4 nitrogen and oxygen atoms in total. The van der Waals surface area contributed by atoms with Gasteiger partial charge in [-0.3, -0.25) is 4.79 Å². The van der Waals surface area contributed by atoms with Crippen molar-refractivity contribution in [3.63, 3.8) is 0 Å². The molecule has 0 bridgehead atoms. The maximum atomic E-state index is 13.7. The molecule has 2 N–H and O–H groups in total. The van der Waals surface area contributed by atoms with Gasteiger partial charge in [-0.2, -0.15) is 0 Å². The normalized spacial score (nSPS) is 10.5. The molecule has 0 fully saturated rings. The number of aromatic amines is 1. The number of nitrogens with one attached hydrogen (secondary N) is 2. The summed E-state index contributed by atoms with van der Waals surface area (Å²) in [6.07, 6.45) is 3.24. The monoisotopic (exact) mass is 315 g/mol. The van der Waals surface area contributed by atoms with Crippen LogP contribution in [0.2, 0.25) is 5.02 Å². The molecule has 22 heavy (non-hydrogen) atoms. The van der Waals surface area contributed by atoms with Crippen LogP contribution in [0.4, 0.5) is 10.1 Å². The highest BCUT2D eigenvalue weighted by Gasteiger charge is 2.16. The standard InChI is InChI=1S/C16H11ClFN3O/c17-12-5-2-6-13(18)15(12)16(22)21-11-4-1-3-10(7-11)14-8-19-9-20-14/h1-9H,(H,19,20)(H,21,22). The van der Waals surface area contributed by atoms with Crippen LogP contribution in [0.25, 0.3) is 11.3 Å². The van der Waals surface area contributed by atoms with Gasteiger partial charge in [0.1, 0.15) is 5.82 Å². The quantitative estimate of drug-likeness (QED) is 0.763. The summed E-state index contributed by atoms with van der Waals surface area (Å²) in [5.74, 6) is -1.25. The second-order valence-corrected chi connectivity index (χ2v) is 5.00. The van der Waals surface area contributed by atoms with E-state index in [0.717, 1.165) is 11.3 Å². The summed E-state index contributed by atoms with van der Waals surface area (Å²) in [5, 5.41) is 2.72. The van der Waals surface area contributed by atoms with Crippen LogP contribution in [-0.4, -0.2) is 15.9 Å². The van der Waals surface area contributed by atoms with Gasteiger partial charge in [0.15, 0.2) is 0 Å². The van der Waals surface area contributed by atoms with E-state index in [2.05, 4.69) is 15.3 Å². The SMILES string of the molecule is O=C(Nc1cccc(-c2cnc[nH]2)c1)c1c(F)cccc1Cl. The molecule has 0 atom stereocenters. The lowest BCUT2D eigenvalue weighted by Gasteiger charge is -2.08. The predicted octanol–water partition coefficient (Wildman–Crippen LogP) is 4.12. The van der Waals surface area contributed by atoms with Gasteiger partial charge in [0, 0.05) is 11.3 Å². The van der Waals surface area contributed by atoms with Crippen LogP contribution >= 0.6 is 11.6 Å². The van der Waals surface area contributed by atoms with E-state index < -0.39 is 11.7 Å². The minimum Gasteiger partial charge on any atom is -0.345 e. The topological polar surface area (TPSA) is 57.8 Å². The highest BCUT2D eigenvalue weighted by Crippen LogP contribution is 2.23. The molecule has 3 rings (SSSR count). The zero-order valence-corrected chi connectivity index (χ0v) is 12.1. The molecule has 3 aromatic rings. The van der Waals surface area contributed by atoms with Crippen LogP contribution in [0.15, 0.2) is 55.0 Å². The summed E-state index contributed by atoms with van der Waals surface area (Å²) in [6.45, 7) is 0. The molecule has 1 aromatic heterocycles. The Bertz CT molecular complexity index is 798. The second kappa shape index (κ2) is 5.99. The number of carbonyl (C=O) groups is 1. The Morgan fingerprint density at radius 1 is 1.23 bits per heavy atom. The van der Waals surface area contributed by atoms with Crippen molar-refractivity contribution in [2.24, 2.45) is 0 Å². The molecule has 6 heteroatoms. The Morgan fingerprint density at radius 2 is 2.05 bits per heavy atom. The number of nitrogens with zero attached hydrogens (tertiary/aromatic N) is 1. The van der Waals surface area contributed by atoms with Crippen LogP contribution in [0.5, 0.6) is 0 Å². The third kappa shape index (κ3) is 2.84. The van der Waals surface area contributed by atoms with Gasteiger partial charge in [-0.25, -0.2) is 9.37 Å². The lowest BCUT2D eigenvalue weighted by Crippen LogP contribution is -2.14. The van der Waals surface area contributed by atoms with Gasteiger partial charge in [-0.05, 0) is 24.3 Å². The Morgan fingerprint density at radius 3 is 2.77 bits per heavy atom. The molecule has 110 valence electrons. The van der Waals surface area contributed by atoms with Crippen molar-refractivity contribution in [1.82, 2.24) is 9.97 Å². The molecule has 1 amide bonds. The van der Waals surface area contributed by atoms with Gasteiger partial charge >= 0.3 is 0 Å². The first-order valence-electron chi connectivity index (χ1n) is 6.49. The van der Waals surface area contributed by atoms with Crippen molar-refractivity contribution in [2.45, 2.75) is 0 Å². The Hall–Kier alpha value is -2.66. The maximum Gasteiger partial charge on any atom is 0.260 e. The number of anilines is 1. The van der Waals surface area contributed by atoms with E-state index in [0.29, 0.717) is 5.69 Å². The number of hydrogen-bond donors (Lipinski definition) is 2. The van der Waals surface area contributed by atoms with Crippen molar-refractivity contribution in [3.05, 3.63) is 71.4 Å². The summed E-state index contributed by atoms with van der Waals surface area (Å²) >= 11 is 5.89. The molecular formula is C16H11ClFN3O. The number of amides is 1. The fraction of sp³-hybridized carbons (Fsp3) is 0. The molecule has 0 unspecified atom stereocenters. The minimum atomic E-state index is -0.658. The number of hydrogen-bond acceptors (Lipinski definition) is 2. The van der Waals surface area contributed by atoms with Crippen molar-refractivity contribution >= 4 is 23.2 Å². The summed E-state index contributed by atoms with van der Waals surface area (Å²) in [6, 6.07) is 11.3. The fourth-order valence-corrected chi connectivity index (χ4v) is 2.34. The summed E-state index contributed by atoms with van der Waals surface area (Å²) in [5.41, 5.74) is 2.04. The van der Waals surface area contributed by atoms with Crippen molar-refractivity contribution in [1.29, 1.82) is 0 Å². The maximum absolute atomic E-state index is 13.7. The number of imidazole rings is 1. The van der Waals surface area contributed by atoms with E-state index in [4.69, 9.17) is 11.6 Å². The second-order valence-electron chi connectivity index (χ2n) is 4.60. The fourth-order valence-electron chi connectivity index (χ4n) is 2.09. The molecule has 0 aliphatic rings. The summed E-state index contributed by atoms with van der Waals surface area (Å²) in [4.78, 5) is 19.1. The van der Waals surface area contributed by atoms with E-state index in [1.165, 1.54) is 18.2 Å². The molecule has 0 spiro atoms. The Balaban J connectivity index is 1.87. The zero-order valence-electron chi connectivity index (χ0n) is 11.3. The highest BCUT2D eigenvalue weighted by atomic mass is 35.5. The molecule has 0 saturated heterocycles. The summed E-state index contributed by atoms with van der Waals surface area (Å²) in [7, 11) is 0. The third-order valence-electron chi connectivity index (χ3n) is 3.12. The lowest BCUT2D eigenvalue weighted by atomic mass is 10.1. The smallest absolute Gasteiger partial charge is 0.260 e. The number of benzene rings is 2. The van der Waals surface area contributed by atoms with Crippen LogP contribution in [0.3, 0.4) is 0 Å². The Labute approximate surface area is 131 Å². The Kier molecular flexibility index (Phi) is 3.89. The first-order valence-corrected chi connectivity index (χ1v) is 6.87. The minimum absolute atomic E-state index is 0.0715. The van der Waals surface area contributed by atoms with Gasteiger partial charge in [0.25, 0.3) is 5.91 Å². The van der Waals surface area contributed by atoms with Gasteiger partial charge in [-0.1, -0.05) is 29.8 Å². The molecule has 0 aliphatic heterocycles. The highest BCUT2D eigenvalue weighted by molar-refractivity contribution is 6.34. The van der Waals surface area contributed by atoms with Crippen molar-refractivity contribution < 1.29 is 9.18 Å². The molecule has 1 heterocycles. The first kappa shape index (κ1) is 14.3. The van der Waals surface area contributed by atoms with Gasteiger partial charge in [0.2, 0.25) is 0 Å². The van der Waals surface area contributed by atoms with Crippen LogP contribution in [0, 0.1) is 5.82 Å². The number of rotatable bonds is 3. The van der Waals surface area contributed by atoms with E-state index in [-0.39, 0.29) is 10.6 Å². The molecule has 0 saturated carbocycles. The van der Waals surface area contributed by atoms with E-state index in [9.17, 15) is 9.18 Å². The zero-order chi connectivity index (χ0) is 15.5. The number of H-pyrrole nitrogens is 1. The third-order valence-corrected chi connectivity index (χ3v) is 3.43. The molecular weight excluding hydrogens is 305 g/mol. The van der Waals surface area contributed by atoms with E-state index >= 15 is 0 Å². The van der Waals surface area contributed by atoms with E-state index in [1.807, 2.05) is 6.07 Å². The van der Waals surface area contributed by atoms with Crippen LogP contribution in [-0.2, 0) is 0 Å². The molecule has 0 radical (unpaired) electrons. The number of aromatic nitrogens is 2.